The van der Waals surface area contributed by atoms with Gasteiger partial charge in [0.25, 0.3) is 0 Å². The first-order valence-electron chi connectivity index (χ1n) is 8.18. The maximum atomic E-state index is 12.4. The zero-order chi connectivity index (χ0) is 15.6. The number of benzene rings is 1. The van der Waals surface area contributed by atoms with Crippen LogP contribution in [0, 0.1) is 5.92 Å². The maximum absolute atomic E-state index is 12.4. The first-order chi connectivity index (χ1) is 10.6. The fourth-order valence-electron chi connectivity index (χ4n) is 3.68. The predicted octanol–water partition coefficient (Wildman–Crippen LogP) is 2.30. The highest BCUT2D eigenvalue weighted by atomic mass is 16.3. The molecular formula is C17H25N3O2. The van der Waals surface area contributed by atoms with Crippen LogP contribution in [0.4, 0.5) is 10.5 Å². The van der Waals surface area contributed by atoms with Crippen LogP contribution < -0.4 is 11.1 Å². The van der Waals surface area contributed by atoms with E-state index < -0.39 is 5.60 Å². The molecule has 22 heavy (non-hydrogen) atoms. The number of likely N-dealkylation sites (tertiary alicyclic amines) is 1. The van der Waals surface area contributed by atoms with Gasteiger partial charge in [0.15, 0.2) is 0 Å². The lowest BCUT2D eigenvalue weighted by Crippen LogP contribution is -2.55. The van der Waals surface area contributed by atoms with E-state index in [-0.39, 0.29) is 11.9 Å². The summed E-state index contributed by atoms with van der Waals surface area (Å²) in [4.78, 5) is 14.2. The van der Waals surface area contributed by atoms with Crippen molar-refractivity contribution in [3.8, 4) is 0 Å². The normalized spacial score (nSPS) is 28.1. The van der Waals surface area contributed by atoms with E-state index in [0.29, 0.717) is 26.1 Å². The highest BCUT2D eigenvalue weighted by Gasteiger charge is 2.43. The van der Waals surface area contributed by atoms with Gasteiger partial charge < -0.3 is 21.1 Å². The summed E-state index contributed by atoms with van der Waals surface area (Å²) in [5.74, 6) is 0.223. The number of nitrogens with one attached hydrogen (secondary N) is 1. The largest absolute Gasteiger partial charge is 0.389 e. The Morgan fingerprint density at radius 1 is 1.32 bits per heavy atom. The van der Waals surface area contributed by atoms with Crippen LogP contribution in [-0.2, 0) is 6.54 Å². The van der Waals surface area contributed by atoms with Crippen molar-refractivity contribution < 1.29 is 9.90 Å². The van der Waals surface area contributed by atoms with E-state index in [0.717, 1.165) is 36.9 Å². The molecule has 2 aliphatic rings. The Morgan fingerprint density at radius 3 is 2.82 bits per heavy atom. The van der Waals surface area contributed by atoms with Crippen LogP contribution in [0.5, 0.6) is 0 Å². The predicted molar refractivity (Wildman–Crippen MR) is 86.4 cm³/mol. The van der Waals surface area contributed by atoms with Crippen LogP contribution in [0.15, 0.2) is 24.3 Å². The molecule has 1 heterocycles. The second kappa shape index (κ2) is 6.26. The molecule has 0 radical (unpaired) electrons. The van der Waals surface area contributed by atoms with Crippen molar-refractivity contribution in [3.63, 3.8) is 0 Å². The van der Waals surface area contributed by atoms with Crippen LogP contribution in [-0.4, -0.2) is 34.7 Å². The summed E-state index contributed by atoms with van der Waals surface area (Å²) in [6, 6.07) is 7.52. The Hall–Kier alpha value is -1.59. The summed E-state index contributed by atoms with van der Waals surface area (Å²) in [7, 11) is 0. The minimum absolute atomic E-state index is 0.0758. The number of hydrogen-bond acceptors (Lipinski definition) is 3. The van der Waals surface area contributed by atoms with Crippen molar-refractivity contribution in [1.29, 1.82) is 0 Å². The van der Waals surface area contributed by atoms with E-state index in [1.54, 1.807) is 0 Å². The molecule has 0 bridgehead atoms. The third-order valence-corrected chi connectivity index (χ3v) is 5.16. The molecule has 4 N–H and O–H groups in total. The Bertz CT molecular complexity index is 531. The van der Waals surface area contributed by atoms with Gasteiger partial charge in [0.2, 0.25) is 0 Å². The molecule has 5 heteroatoms. The van der Waals surface area contributed by atoms with Crippen LogP contribution >= 0.6 is 0 Å². The number of nitrogens with two attached hydrogens (primary N) is 1. The lowest BCUT2D eigenvalue weighted by atomic mass is 9.71. The molecule has 1 aromatic rings. The number of hydrogen-bond donors (Lipinski definition) is 3. The number of anilines is 1. The van der Waals surface area contributed by atoms with Crippen LogP contribution in [0.3, 0.4) is 0 Å². The third kappa shape index (κ3) is 3.10. The fourth-order valence-corrected chi connectivity index (χ4v) is 3.68. The lowest BCUT2D eigenvalue weighted by Gasteiger charge is -2.47. The average molecular weight is 303 g/mol. The molecule has 1 aliphatic heterocycles. The van der Waals surface area contributed by atoms with Gasteiger partial charge in [0.05, 0.1) is 5.60 Å². The zero-order valence-corrected chi connectivity index (χ0v) is 12.9. The number of rotatable bonds is 2. The van der Waals surface area contributed by atoms with E-state index in [4.69, 9.17) is 5.73 Å². The van der Waals surface area contributed by atoms with Crippen LogP contribution in [0.25, 0.3) is 0 Å². The topological polar surface area (TPSA) is 78.6 Å². The number of urea groups is 1. The standard InChI is InChI=1S/C17H25N3O2/c18-11-13-4-6-15(7-5-13)19-16(21)20-10-9-17(22)8-2-1-3-14(17)12-20/h4-7,14,22H,1-3,8-12,18H2,(H,19,21). The SMILES string of the molecule is NCc1ccc(NC(=O)N2CCC3(O)CCCCC3C2)cc1. The van der Waals surface area contributed by atoms with Gasteiger partial charge in [-0.05, 0) is 37.0 Å². The van der Waals surface area contributed by atoms with Gasteiger partial charge in [0.1, 0.15) is 0 Å². The highest BCUT2D eigenvalue weighted by molar-refractivity contribution is 5.89. The van der Waals surface area contributed by atoms with Crippen molar-refractivity contribution in [3.05, 3.63) is 29.8 Å². The highest BCUT2D eigenvalue weighted by Crippen LogP contribution is 2.39. The monoisotopic (exact) mass is 303 g/mol. The second-order valence-electron chi connectivity index (χ2n) is 6.57. The zero-order valence-electron chi connectivity index (χ0n) is 12.9. The summed E-state index contributed by atoms with van der Waals surface area (Å²) in [5, 5.41) is 13.6. The fraction of sp³-hybridized carbons (Fsp3) is 0.588. The second-order valence-corrected chi connectivity index (χ2v) is 6.57. The van der Waals surface area contributed by atoms with Gasteiger partial charge in [-0.2, -0.15) is 0 Å². The summed E-state index contributed by atoms with van der Waals surface area (Å²) >= 11 is 0. The molecular weight excluding hydrogens is 278 g/mol. The van der Waals surface area contributed by atoms with Crippen molar-refractivity contribution in [1.82, 2.24) is 4.90 Å². The molecule has 2 amide bonds. The summed E-state index contributed by atoms with van der Waals surface area (Å²) < 4.78 is 0. The van der Waals surface area contributed by atoms with E-state index in [1.807, 2.05) is 29.2 Å². The van der Waals surface area contributed by atoms with Gasteiger partial charge in [-0.1, -0.05) is 25.0 Å². The molecule has 3 rings (SSSR count). The Labute approximate surface area is 131 Å². The van der Waals surface area contributed by atoms with Crippen molar-refractivity contribution in [2.45, 2.75) is 44.2 Å². The molecule has 0 spiro atoms. The summed E-state index contributed by atoms with van der Waals surface area (Å²) in [6.07, 6.45) is 4.85. The minimum Gasteiger partial charge on any atom is -0.389 e. The quantitative estimate of drug-likeness (QED) is 0.784. The number of fused-ring (bicyclic) bond motifs is 1. The first kappa shape index (κ1) is 15.3. The molecule has 2 atom stereocenters. The number of nitrogens with zero attached hydrogens (tertiary/aromatic N) is 1. The maximum Gasteiger partial charge on any atom is 0.321 e. The number of amides is 2. The van der Waals surface area contributed by atoms with Gasteiger partial charge in [-0.3, -0.25) is 0 Å². The van der Waals surface area contributed by atoms with E-state index >= 15 is 0 Å². The summed E-state index contributed by atoms with van der Waals surface area (Å²) in [5.41, 5.74) is 6.86. The Balaban J connectivity index is 1.60. The Morgan fingerprint density at radius 2 is 2.09 bits per heavy atom. The van der Waals surface area contributed by atoms with Crippen LogP contribution in [0.1, 0.15) is 37.7 Å². The van der Waals surface area contributed by atoms with Crippen molar-refractivity contribution in [2.75, 3.05) is 18.4 Å². The smallest absolute Gasteiger partial charge is 0.321 e. The molecule has 5 nitrogen and oxygen atoms in total. The van der Waals surface area contributed by atoms with E-state index in [9.17, 15) is 9.90 Å². The van der Waals surface area contributed by atoms with Gasteiger partial charge in [-0.25, -0.2) is 4.79 Å². The summed E-state index contributed by atoms with van der Waals surface area (Å²) in [6.45, 7) is 1.78. The van der Waals surface area contributed by atoms with E-state index in [2.05, 4.69) is 5.32 Å². The van der Waals surface area contributed by atoms with Crippen LogP contribution in [0.2, 0.25) is 0 Å². The molecule has 2 unspecified atom stereocenters. The van der Waals surface area contributed by atoms with Gasteiger partial charge in [-0.15, -0.1) is 0 Å². The molecule has 0 aromatic heterocycles. The molecule has 1 aliphatic carbocycles. The molecule has 1 aromatic carbocycles. The molecule has 2 fully saturated rings. The third-order valence-electron chi connectivity index (χ3n) is 5.16. The number of carbonyl (C=O) groups is 1. The number of aliphatic hydroxyl groups is 1. The van der Waals surface area contributed by atoms with Crippen molar-refractivity contribution >= 4 is 11.7 Å². The van der Waals surface area contributed by atoms with Gasteiger partial charge >= 0.3 is 6.03 Å². The Kier molecular flexibility index (Phi) is 4.36. The minimum atomic E-state index is -0.544. The molecule has 120 valence electrons. The van der Waals surface area contributed by atoms with E-state index in [1.165, 1.54) is 0 Å². The molecule has 1 saturated heterocycles. The number of piperidine rings is 1. The van der Waals surface area contributed by atoms with Crippen molar-refractivity contribution in [2.24, 2.45) is 11.7 Å². The lowest BCUT2D eigenvalue weighted by molar-refractivity contribution is -0.0863. The average Bonchev–Trinajstić information content (AvgIpc) is 2.54. The molecule has 1 saturated carbocycles. The first-order valence-corrected chi connectivity index (χ1v) is 8.18. The van der Waals surface area contributed by atoms with Gasteiger partial charge in [0, 0.05) is 31.2 Å². The number of carbonyl (C=O) groups excluding carboxylic acids is 1.